The van der Waals surface area contributed by atoms with Crippen LogP contribution >= 0.6 is 0 Å². The molecule has 2 aromatic rings. The Morgan fingerprint density at radius 2 is 2.15 bits per heavy atom. The van der Waals surface area contributed by atoms with Crippen molar-refractivity contribution in [1.29, 1.82) is 0 Å². The van der Waals surface area contributed by atoms with Crippen LogP contribution in [-0.4, -0.2) is 28.5 Å². The van der Waals surface area contributed by atoms with E-state index in [1.54, 1.807) is 29.7 Å². The molecule has 6 heteroatoms. The summed E-state index contributed by atoms with van der Waals surface area (Å²) in [7, 11) is 1.32. The van der Waals surface area contributed by atoms with Crippen molar-refractivity contribution in [2.45, 2.75) is 13.5 Å². The summed E-state index contributed by atoms with van der Waals surface area (Å²) in [4.78, 5) is 26.9. The number of hydrogen-bond acceptors (Lipinski definition) is 4. The van der Waals surface area contributed by atoms with E-state index in [-0.39, 0.29) is 0 Å². The molecule has 6 nitrogen and oxygen atoms in total. The Morgan fingerprint density at radius 1 is 1.40 bits per heavy atom. The number of aryl methyl sites for hydroxylation is 1. The summed E-state index contributed by atoms with van der Waals surface area (Å²) in [5.74, 6) is -0.242. The number of imidazole rings is 1. The van der Waals surface area contributed by atoms with Gasteiger partial charge < -0.3 is 15.0 Å². The Hall–Kier alpha value is -2.63. The van der Waals surface area contributed by atoms with Gasteiger partial charge >= 0.3 is 5.97 Å². The zero-order chi connectivity index (χ0) is 14.7. The van der Waals surface area contributed by atoms with Crippen LogP contribution in [-0.2, 0) is 11.3 Å². The van der Waals surface area contributed by atoms with Crippen molar-refractivity contribution in [2.24, 2.45) is 5.73 Å². The molecule has 2 rings (SSSR count). The minimum absolute atomic E-state index is 0.370. The molecule has 0 aliphatic heterocycles. The van der Waals surface area contributed by atoms with Gasteiger partial charge in [0.05, 0.1) is 13.3 Å². The van der Waals surface area contributed by atoms with Gasteiger partial charge in [0.25, 0.3) is 0 Å². The number of hydrogen-bond donors (Lipinski definition) is 1. The van der Waals surface area contributed by atoms with E-state index in [4.69, 9.17) is 10.5 Å². The quantitative estimate of drug-likeness (QED) is 0.846. The maximum atomic E-state index is 11.7. The number of nitrogens with zero attached hydrogens (tertiary/aromatic N) is 2. The van der Waals surface area contributed by atoms with Crippen molar-refractivity contribution >= 4 is 11.9 Å². The molecule has 0 atom stereocenters. The minimum Gasteiger partial charge on any atom is -0.464 e. The van der Waals surface area contributed by atoms with E-state index in [2.05, 4.69) is 4.98 Å². The first kappa shape index (κ1) is 13.8. The Kier molecular flexibility index (Phi) is 3.84. The zero-order valence-corrected chi connectivity index (χ0v) is 11.3. The molecular weight excluding hydrogens is 258 g/mol. The van der Waals surface area contributed by atoms with Crippen molar-refractivity contribution < 1.29 is 14.3 Å². The van der Waals surface area contributed by atoms with Crippen LogP contribution in [0.15, 0.2) is 30.5 Å². The highest BCUT2D eigenvalue weighted by Crippen LogP contribution is 2.12. The molecule has 0 spiro atoms. The Labute approximate surface area is 116 Å². The molecule has 1 amide bonds. The highest BCUT2D eigenvalue weighted by atomic mass is 16.5. The third kappa shape index (κ3) is 2.69. The number of nitrogens with two attached hydrogens (primary N) is 1. The van der Waals surface area contributed by atoms with Crippen LogP contribution in [0.25, 0.3) is 0 Å². The number of aromatic nitrogens is 2. The number of rotatable bonds is 4. The fraction of sp³-hybridized carbons (Fsp3) is 0.214. The van der Waals surface area contributed by atoms with Crippen LogP contribution < -0.4 is 5.73 Å². The molecule has 0 saturated carbocycles. The first-order valence-electron chi connectivity index (χ1n) is 6.02. The first-order valence-corrected chi connectivity index (χ1v) is 6.02. The highest BCUT2D eigenvalue weighted by molar-refractivity contribution is 5.92. The van der Waals surface area contributed by atoms with E-state index in [9.17, 15) is 9.59 Å². The molecule has 0 fully saturated rings. The summed E-state index contributed by atoms with van der Waals surface area (Å²) in [6.45, 7) is 2.21. The lowest BCUT2D eigenvalue weighted by molar-refractivity contribution is 0.0588. The third-order valence-electron chi connectivity index (χ3n) is 3.00. The molecule has 1 aromatic carbocycles. The number of benzene rings is 1. The van der Waals surface area contributed by atoms with Crippen LogP contribution in [0.2, 0.25) is 0 Å². The summed E-state index contributed by atoms with van der Waals surface area (Å²) in [5, 5.41) is 0. The number of methoxy groups -OCH3 is 1. The van der Waals surface area contributed by atoms with Crippen LogP contribution in [0, 0.1) is 6.92 Å². The van der Waals surface area contributed by atoms with Crippen LogP contribution in [0.4, 0.5) is 0 Å². The van der Waals surface area contributed by atoms with Crippen LogP contribution in [0.3, 0.4) is 0 Å². The van der Waals surface area contributed by atoms with Crippen molar-refractivity contribution in [2.75, 3.05) is 7.11 Å². The number of carbonyl (C=O) groups excluding carboxylic acids is 2. The van der Waals surface area contributed by atoms with Crippen molar-refractivity contribution in [1.82, 2.24) is 9.55 Å². The molecule has 0 bridgehead atoms. The van der Waals surface area contributed by atoms with E-state index in [0.717, 1.165) is 5.56 Å². The lowest BCUT2D eigenvalue weighted by Crippen LogP contribution is -2.14. The van der Waals surface area contributed by atoms with Crippen molar-refractivity contribution in [3.63, 3.8) is 0 Å². The second kappa shape index (κ2) is 5.56. The predicted molar refractivity (Wildman–Crippen MR) is 72.4 cm³/mol. The fourth-order valence-electron chi connectivity index (χ4n) is 1.94. The minimum atomic E-state index is -0.484. The molecule has 0 saturated heterocycles. The Balaban J connectivity index is 2.35. The smallest absolute Gasteiger partial charge is 0.356 e. The fourth-order valence-corrected chi connectivity index (χ4v) is 1.94. The lowest BCUT2D eigenvalue weighted by Gasteiger charge is -2.09. The average Bonchev–Trinajstić information content (AvgIpc) is 2.80. The normalized spacial score (nSPS) is 10.3. The van der Waals surface area contributed by atoms with E-state index < -0.39 is 11.9 Å². The average molecular weight is 273 g/mol. The van der Waals surface area contributed by atoms with E-state index in [0.29, 0.717) is 23.6 Å². The Morgan fingerprint density at radius 3 is 2.80 bits per heavy atom. The Bertz CT molecular complexity index is 661. The van der Waals surface area contributed by atoms with Gasteiger partial charge in [0.1, 0.15) is 11.5 Å². The van der Waals surface area contributed by atoms with E-state index in [1.165, 1.54) is 13.3 Å². The van der Waals surface area contributed by atoms with Gasteiger partial charge in [0.2, 0.25) is 5.91 Å². The summed E-state index contributed by atoms with van der Waals surface area (Å²) in [6.07, 6.45) is 1.47. The van der Waals surface area contributed by atoms with Gasteiger partial charge in [-0.2, -0.15) is 0 Å². The number of primary amides is 1. The molecule has 1 heterocycles. The van der Waals surface area contributed by atoms with E-state index >= 15 is 0 Å². The van der Waals surface area contributed by atoms with Gasteiger partial charge in [-0.25, -0.2) is 9.78 Å². The van der Waals surface area contributed by atoms with Gasteiger partial charge in [0.15, 0.2) is 0 Å². The second-order valence-corrected chi connectivity index (χ2v) is 4.33. The highest BCUT2D eigenvalue weighted by Gasteiger charge is 2.15. The summed E-state index contributed by atoms with van der Waals surface area (Å²) >= 11 is 0. The van der Waals surface area contributed by atoms with Crippen molar-refractivity contribution in [3.8, 4) is 0 Å². The van der Waals surface area contributed by atoms with Crippen molar-refractivity contribution in [3.05, 3.63) is 53.1 Å². The van der Waals surface area contributed by atoms with Crippen LogP contribution in [0.5, 0.6) is 0 Å². The third-order valence-corrected chi connectivity index (χ3v) is 3.00. The largest absolute Gasteiger partial charge is 0.464 e. The predicted octanol–water partition coefficient (Wildman–Crippen LogP) is 1.13. The molecule has 0 aliphatic rings. The zero-order valence-electron chi connectivity index (χ0n) is 11.3. The lowest BCUT2D eigenvalue weighted by atomic mass is 10.1. The molecule has 0 radical (unpaired) electrons. The molecule has 20 heavy (non-hydrogen) atoms. The monoisotopic (exact) mass is 273 g/mol. The maximum absolute atomic E-state index is 11.7. The number of carbonyl (C=O) groups is 2. The van der Waals surface area contributed by atoms with Gasteiger partial charge in [-0.3, -0.25) is 4.79 Å². The molecule has 0 aliphatic carbocycles. The van der Waals surface area contributed by atoms with Gasteiger partial charge in [-0.05, 0) is 24.6 Å². The summed E-state index contributed by atoms with van der Waals surface area (Å²) in [5.41, 5.74) is 6.91. The van der Waals surface area contributed by atoms with Crippen LogP contribution in [0.1, 0.15) is 32.2 Å². The molecule has 0 unspecified atom stereocenters. The van der Waals surface area contributed by atoms with E-state index in [1.807, 2.05) is 6.07 Å². The topological polar surface area (TPSA) is 87.2 Å². The standard InChI is InChI=1S/C14H15N3O3/c1-9-16-7-12(14(19)20-2)17(9)8-10-4-3-5-11(6-10)13(15)18/h3-7H,8H2,1-2H3,(H2,15,18). The molecule has 2 N–H and O–H groups in total. The van der Waals surface area contributed by atoms with Gasteiger partial charge in [0, 0.05) is 12.1 Å². The number of ether oxygens (including phenoxy) is 1. The molecule has 104 valence electrons. The second-order valence-electron chi connectivity index (χ2n) is 4.33. The molecular formula is C14H15N3O3. The number of amides is 1. The number of esters is 1. The van der Waals surface area contributed by atoms with Gasteiger partial charge in [-0.1, -0.05) is 12.1 Å². The molecule has 1 aromatic heterocycles. The summed E-state index contributed by atoms with van der Waals surface area (Å²) < 4.78 is 6.44. The SMILES string of the molecule is COC(=O)c1cnc(C)n1Cc1cccc(C(N)=O)c1. The van der Waals surface area contributed by atoms with Gasteiger partial charge in [-0.15, -0.1) is 0 Å². The maximum Gasteiger partial charge on any atom is 0.356 e. The summed E-state index contributed by atoms with van der Waals surface area (Å²) in [6, 6.07) is 6.95. The first-order chi connectivity index (χ1) is 9.52.